The Bertz CT molecular complexity index is 425. The predicted molar refractivity (Wildman–Crippen MR) is 90.5 cm³/mol. The Kier molecular flexibility index (Phi) is 5.30. The van der Waals surface area contributed by atoms with Crippen LogP contribution in [0, 0.1) is 25.2 Å². The van der Waals surface area contributed by atoms with Crippen molar-refractivity contribution in [3.63, 3.8) is 0 Å². The minimum absolute atomic E-state index is 0.534. The van der Waals surface area contributed by atoms with Crippen LogP contribution in [0.25, 0.3) is 0 Å². The van der Waals surface area contributed by atoms with Gasteiger partial charge in [-0.2, -0.15) is 0 Å². The van der Waals surface area contributed by atoms with E-state index < -0.39 is 0 Å². The number of aryl methyl sites for hydroxylation is 2. The van der Waals surface area contributed by atoms with Crippen molar-refractivity contribution in [1.82, 2.24) is 5.32 Å². The van der Waals surface area contributed by atoms with Crippen molar-refractivity contribution in [3.05, 3.63) is 21.4 Å². The van der Waals surface area contributed by atoms with E-state index in [1.807, 2.05) is 11.3 Å². The smallest absolute Gasteiger partial charge is 0.0219 e. The molecule has 0 aromatic carbocycles. The number of nitrogens with one attached hydrogen (secondary N) is 1. The van der Waals surface area contributed by atoms with Gasteiger partial charge in [-0.05, 0) is 62.5 Å². The molecule has 0 bridgehead atoms. The second-order valence-corrected chi connectivity index (χ2v) is 8.67. The fourth-order valence-electron chi connectivity index (χ4n) is 3.48. The van der Waals surface area contributed by atoms with Crippen molar-refractivity contribution in [1.29, 1.82) is 0 Å². The van der Waals surface area contributed by atoms with Crippen LogP contribution in [0.5, 0.6) is 0 Å². The molecular weight excluding hydrogens is 262 g/mol. The van der Waals surface area contributed by atoms with Crippen molar-refractivity contribution in [3.8, 4) is 0 Å². The summed E-state index contributed by atoms with van der Waals surface area (Å²) in [6, 6.07) is 3.08. The van der Waals surface area contributed by atoms with Gasteiger partial charge in [0, 0.05) is 22.3 Å². The van der Waals surface area contributed by atoms with Crippen LogP contribution in [0.1, 0.15) is 68.2 Å². The zero-order valence-corrected chi connectivity index (χ0v) is 14.7. The Morgan fingerprint density at radius 2 is 1.85 bits per heavy atom. The van der Waals surface area contributed by atoms with Crippen molar-refractivity contribution in [2.75, 3.05) is 0 Å². The highest BCUT2D eigenvalue weighted by molar-refractivity contribution is 7.12. The van der Waals surface area contributed by atoms with E-state index in [0.717, 1.165) is 18.5 Å². The monoisotopic (exact) mass is 293 g/mol. The topological polar surface area (TPSA) is 12.0 Å². The quantitative estimate of drug-likeness (QED) is 0.761. The van der Waals surface area contributed by atoms with Crippen molar-refractivity contribution in [2.45, 2.75) is 79.3 Å². The van der Waals surface area contributed by atoms with Crippen LogP contribution in [0.2, 0.25) is 0 Å². The highest BCUT2D eigenvalue weighted by Gasteiger charge is 2.31. The summed E-state index contributed by atoms with van der Waals surface area (Å²) >= 11 is 1.92. The number of hydrogen-bond acceptors (Lipinski definition) is 2. The van der Waals surface area contributed by atoms with Crippen LogP contribution in [0.4, 0.5) is 0 Å². The van der Waals surface area contributed by atoms with Crippen LogP contribution < -0.4 is 5.32 Å². The van der Waals surface area contributed by atoms with E-state index in [9.17, 15) is 0 Å². The average Bonchev–Trinajstić information content (AvgIpc) is 2.75. The zero-order chi connectivity index (χ0) is 14.8. The van der Waals surface area contributed by atoms with Gasteiger partial charge in [0.2, 0.25) is 0 Å². The van der Waals surface area contributed by atoms with Crippen LogP contribution in [0.15, 0.2) is 6.07 Å². The summed E-state index contributed by atoms with van der Waals surface area (Å²) in [5.74, 6) is 0.927. The van der Waals surface area contributed by atoms with Crippen LogP contribution in [-0.2, 0) is 6.54 Å². The molecule has 0 atom stereocenters. The third kappa shape index (κ3) is 3.85. The lowest BCUT2D eigenvalue weighted by atomic mass is 9.69. The second-order valence-electron chi connectivity index (χ2n) is 7.21. The van der Waals surface area contributed by atoms with Gasteiger partial charge < -0.3 is 5.32 Å². The minimum Gasteiger partial charge on any atom is -0.310 e. The average molecular weight is 294 g/mol. The molecule has 2 heteroatoms. The number of thiophene rings is 1. The molecule has 1 N–H and O–H groups in total. The maximum absolute atomic E-state index is 3.79. The molecule has 0 spiro atoms. The van der Waals surface area contributed by atoms with E-state index in [4.69, 9.17) is 0 Å². The van der Waals surface area contributed by atoms with E-state index in [1.165, 1.54) is 47.4 Å². The molecule has 1 heterocycles. The molecule has 20 heavy (non-hydrogen) atoms. The summed E-state index contributed by atoms with van der Waals surface area (Å²) in [4.78, 5) is 2.92. The third-order valence-electron chi connectivity index (χ3n) is 5.47. The molecule has 1 fully saturated rings. The van der Waals surface area contributed by atoms with Gasteiger partial charge in [0.1, 0.15) is 0 Å². The van der Waals surface area contributed by atoms with Crippen molar-refractivity contribution < 1.29 is 0 Å². The van der Waals surface area contributed by atoms with Gasteiger partial charge in [0.25, 0.3) is 0 Å². The van der Waals surface area contributed by atoms with Crippen LogP contribution >= 0.6 is 11.3 Å². The lowest BCUT2D eigenvalue weighted by Gasteiger charge is -2.39. The fraction of sp³-hybridized carbons (Fsp3) is 0.778. The lowest BCUT2D eigenvalue weighted by molar-refractivity contribution is 0.137. The van der Waals surface area contributed by atoms with Gasteiger partial charge in [0.05, 0.1) is 0 Å². The Hall–Kier alpha value is -0.340. The van der Waals surface area contributed by atoms with Gasteiger partial charge in [-0.1, -0.05) is 27.2 Å². The van der Waals surface area contributed by atoms with Crippen molar-refractivity contribution >= 4 is 11.3 Å². The van der Waals surface area contributed by atoms with E-state index in [0.29, 0.717) is 5.41 Å². The zero-order valence-electron chi connectivity index (χ0n) is 13.9. The van der Waals surface area contributed by atoms with Gasteiger partial charge in [-0.3, -0.25) is 0 Å². The van der Waals surface area contributed by atoms with Gasteiger partial charge in [-0.25, -0.2) is 0 Å². The van der Waals surface area contributed by atoms with E-state index in [-0.39, 0.29) is 0 Å². The summed E-state index contributed by atoms with van der Waals surface area (Å²) in [6.07, 6.45) is 6.83. The normalized spacial score (nSPS) is 24.1. The van der Waals surface area contributed by atoms with Gasteiger partial charge in [0.15, 0.2) is 0 Å². The Balaban J connectivity index is 1.79. The van der Waals surface area contributed by atoms with E-state index in [1.54, 1.807) is 0 Å². The molecule has 0 amide bonds. The highest BCUT2D eigenvalue weighted by atomic mass is 32.1. The van der Waals surface area contributed by atoms with Crippen molar-refractivity contribution in [2.24, 2.45) is 11.3 Å². The van der Waals surface area contributed by atoms with Crippen LogP contribution in [-0.4, -0.2) is 6.04 Å². The summed E-state index contributed by atoms with van der Waals surface area (Å²) < 4.78 is 0. The number of hydrogen-bond donors (Lipinski definition) is 1. The molecule has 1 saturated carbocycles. The molecule has 0 saturated heterocycles. The SMILES string of the molecule is CCC(C)(C)C1CCC(NCc2cc(C)sc2C)CC1. The van der Waals surface area contributed by atoms with Crippen LogP contribution in [0.3, 0.4) is 0 Å². The molecule has 114 valence electrons. The first kappa shape index (κ1) is 16.0. The third-order valence-corrected chi connectivity index (χ3v) is 6.48. The molecule has 2 rings (SSSR count). The Morgan fingerprint density at radius 1 is 1.20 bits per heavy atom. The standard InChI is InChI=1S/C18H31NS/c1-6-18(4,5)16-7-9-17(10-8-16)19-12-15-11-13(2)20-14(15)3/h11,16-17,19H,6-10,12H2,1-5H3. The molecule has 0 aliphatic heterocycles. The number of rotatable bonds is 5. The summed E-state index contributed by atoms with van der Waals surface area (Å²) in [6.45, 7) is 12.7. The molecule has 1 aliphatic rings. The molecular formula is C18H31NS. The summed E-state index contributed by atoms with van der Waals surface area (Å²) in [5, 5.41) is 3.79. The first-order chi connectivity index (χ1) is 9.42. The second kappa shape index (κ2) is 6.62. The molecule has 1 aromatic heterocycles. The van der Waals surface area contributed by atoms with E-state index >= 15 is 0 Å². The molecule has 0 radical (unpaired) electrons. The molecule has 1 aliphatic carbocycles. The lowest BCUT2D eigenvalue weighted by Crippen LogP contribution is -2.36. The van der Waals surface area contributed by atoms with E-state index in [2.05, 4.69) is 46.0 Å². The largest absolute Gasteiger partial charge is 0.310 e. The predicted octanol–water partition coefficient (Wildman–Crippen LogP) is 5.45. The fourth-order valence-corrected chi connectivity index (χ4v) is 4.43. The maximum Gasteiger partial charge on any atom is 0.0219 e. The van der Waals surface area contributed by atoms with Gasteiger partial charge >= 0.3 is 0 Å². The molecule has 1 nitrogen and oxygen atoms in total. The minimum atomic E-state index is 0.534. The highest BCUT2D eigenvalue weighted by Crippen LogP contribution is 2.40. The summed E-state index contributed by atoms with van der Waals surface area (Å²) in [7, 11) is 0. The Morgan fingerprint density at radius 3 is 2.35 bits per heavy atom. The molecule has 0 unspecified atom stereocenters. The Labute approximate surface area is 129 Å². The molecule has 1 aromatic rings. The first-order valence-electron chi connectivity index (χ1n) is 8.21. The maximum atomic E-state index is 3.79. The summed E-state index contributed by atoms with van der Waals surface area (Å²) in [5.41, 5.74) is 2.04. The first-order valence-corrected chi connectivity index (χ1v) is 9.03. The van der Waals surface area contributed by atoms with Gasteiger partial charge in [-0.15, -0.1) is 11.3 Å².